The van der Waals surface area contributed by atoms with Crippen LogP contribution >= 0.6 is 0 Å². The summed E-state index contributed by atoms with van der Waals surface area (Å²) in [5.74, 6) is -0.270. The van der Waals surface area contributed by atoms with Crippen LogP contribution in [0.3, 0.4) is 0 Å². The monoisotopic (exact) mass is 313 g/mol. The Kier molecular flexibility index (Phi) is 4.55. The highest BCUT2D eigenvalue weighted by Crippen LogP contribution is 2.28. The van der Waals surface area contributed by atoms with E-state index in [0.29, 0.717) is 18.7 Å². The van der Waals surface area contributed by atoms with E-state index in [1.54, 1.807) is 29.3 Å². The highest BCUT2D eigenvalue weighted by molar-refractivity contribution is 5.75. The molecule has 1 saturated carbocycles. The minimum Gasteiger partial charge on any atom is -0.334 e. The number of hydrogen-bond donors (Lipinski definition) is 1. The largest absolute Gasteiger partial charge is 0.334 e. The molecule has 1 aromatic heterocycles. The van der Waals surface area contributed by atoms with Crippen LogP contribution in [0.25, 0.3) is 0 Å². The van der Waals surface area contributed by atoms with Gasteiger partial charge in [0.2, 0.25) is 0 Å². The number of nitrogens with zero attached hydrogens (tertiary/aromatic N) is 2. The first kappa shape index (κ1) is 15.5. The zero-order valence-corrected chi connectivity index (χ0v) is 13.1. The predicted octanol–water partition coefficient (Wildman–Crippen LogP) is 3.40. The van der Waals surface area contributed by atoms with Crippen LogP contribution in [-0.2, 0) is 13.1 Å². The first-order valence-electron chi connectivity index (χ1n) is 7.83. The number of pyridine rings is 1. The van der Waals surface area contributed by atoms with Gasteiger partial charge in [-0.2, -0.15) is 0 Å². The fourth-order valence-electron chi connectivity index (χ4n) is 2.45. The third kappa shape index (κ3) is 4.06. The highest BCUT2D eigenvalue weighted by Gasteiger charge is 2.32. The molecule has 120 valence electrons. The number of halogens is 1. The molecule has 0 unspecified atom stereocenters. The van der Waals surface area contributed by atoms with Gasteiger partial charge in [-0.3, -0.25) is 4.98 Å². The van der Waals surface area contributed by atoms with Crippen molar-refractivity contribution in [2.75, 3.05) is 0 Å². The first-order valence-corrected chi connectivity index (χ1v) is 7.83. The van der Waals surface area contributed by atoms with Gasteiger partial charge >= 0.3 is 6.03 Å². The van der Waals surface area contributed by atoms with Crippen molar-refractivity contribution < 1.29 is 9.18 Å². The van der Waals surface area contributed by atoms with Gasteiger partial charge in [-0.05, 0) is 37.5 Å². The number of carbonyl (C=O) groups excluding carboxylic acids is 1. The number of nitrogens with one attached hydrogen (secondary N) is 1. The zero-order chi connectivity index (χ0) is 16.2. The van der Waals surface area contributed by atoms with Crippen molar-refractivity contribution in [3.05, 3.63) is 65.2 Å². The smallest absolute Gasteiger partial charge is 0.318 e. The quantitative estimate of drug-likeness (QED) is 0.919. The molecule has 2 amide bonds. The molecule has 0 atom stereocenters. The Balaban J connectivity index is 1.63. The van der Waals surface area contributed by atoms with Gasteiger partial charge in [-0.1, -0.05) is 24.3 Å². The normalized spacial score (nSPS) is 13.7. The summed E-state index contributed by atoms with van der Waals surface area (Å²) >= 11 is 0. The molecule has 0 aliphatic heterocycles. The molecule has 23 heavy (non-hydrogen) atoms. The molecule has 2 aromatic rings. The molecule has 1 N–H and O–H groups in total. The molecule has 1 aromatic carbocycles. The minimum absolute atomic E-state index is 0.156. The predicted molar refractivity (Wildman–Crippen MR) is 86.2 cm³/mol. The Labute approximate surface area is 135 Å². The molecule has 1 heterocycles. The number of rotatable bonds is 5. The molecular formula is C18H20FN3O. The van der Waals surface area contributed by atoms with Crippen LogP contribution in [0, 0.1) is 12.7 Å². The third-order valence-corrected chi connectivity index (χ3v) is 3.96. The molecule has 3 rings (SSSR count). The summed E-state index contributed by atoms with van der Waals surface area (Å²) < 4.78 is 13.8. The average molecular weight is 313 g/mol. The maximum absolute atomic E-state index is 13.8. The number of aryl methyl sites for hydroxylation is 1. The lowest BCUT2D eigenvalue weighted by Crippen LogP contribution is -2.40. The summed E-state index contributed by atoms with van der Waals surface area (Å²) in [6.07, 6.45) is 3.72. The Morgan fingerprint density at radius 1 is 1.30 bits per heavy atom. The third-order valence-electron chi connectivity index (χ3n) is 3.96. The standard InChI is InChI=1S/C18H20FN3O/c1-13-6-7-14(10-20-13)11-21-18(23)22(16-8-9-16)12-15-4-2-3-5-17(15)19/h2-7,10,16H,8-9,11-12H2,1H3,(H,21,23). The summed E-state index contributed by atoms with van der Waals surface area (Å²) in [7, 11) is 0. The lowest BCUT2D eigenvalue weighted by atomic mass is 10.2. The van der Waals surface area contributed by atoms with Gasteiger partial charge in [-0.25, -0.2) is 9.18 Å². The fourth-order valence-corrected chi connectivity index (χ4v) is 2.45. The summed E-state index contributed by atoms with van der Waals surface area (Å²) in [4.78, 5) is 18.4. The highest BCUT2D eigenvalue weighted by atomic mass is 19.1. The topological polar surface area (TPSA) is 45.2 Å². The second-order valence-corrected chi connectivity index (χ2v) is 5.92. The number of benzene rings is 1. The zero-order valence-electron chi connectivity index (χ0n) is 13.1. The van der Waals surface area contributed by atoms with Crippen molar-refractivity contribution >= 4 is 6.03 Å². The van der Waals surface area contributed by atoms with E-state index in [9.17, 15) is 9.18 Å². The molecule has 4 nitrogen and oxygen atoms in total. The van der Waals surface area contributed by atoms with E-state index >= 15 is 0 Å². The average Bonchev–Trinajstić information content (AvgIpc) is 3.38. The Morgan fingerprint density at radius 2 is 2.09 bits per heavy atom. The maximum Gasteiger partial charge on any atom is 0.318 e. The van der Waals surface area contributed by atoms with E-state index in [1.165, 1.54) is 6.07 Å². The fraction of sp³-hybridized carbons (Fsp3) is 0.333. The van der Waals surface area contributed by atoms with Gasteiger partial charge in [0, 0.05) is 30.0 Å². The Bertz CT molecular complexity index is 683. The number of hydrogen-bond acceptors (Lipinski definition) is 2. The van der Waals surface area contributed by atoms with Crippen LogP contribution in [0.1, 0.15) is 29.7 Å². The second-order valence-electron chi connectivity index (χ2n) is 5.92. The number of amides is 2. The van der Waals surface area contributed by atoms with Gasteiger partial charge in [0.25, 0.3) is 0 Å². The van der Waals surface area contributed by atoms with Crippen molar-refractivity contribution in [1.82, 2.24) is 15.2 Å². The van der Waals surface area contributed by atoms with E-state index in [1.807, 2.05) is 19.1 Å². The lowest BCUT2D eigenvalue weighted by Gasteiger charge is -2.23. The summed E-state index contributed by atoms with van der Waals surface area (Å²) in [5.41, 5.74) is 2.44. The van der Waals surface area contributed by atoms with Crippen molar-refractivity contribution in [2.45, 2.75) is 38.9 Å². The van der Waals surface area contributed by atoms with Crippen LogP contribution in [0.4, 0.5) is 9.18 Å². The van der Waals surface area contributed by atoms with Crippen LogP contribution in [-0.4, -0.2) is 22.0 Å². The SMILES string of the molecule is Cc1ccc(CNC(=O)N(Cc2ccccc2F)C2CC2)cn1. The van der Waals surface area contributed by atoms with Crippen LogP contribution in [0.15, 0.2) is 42.6 Å². The molecule has 0 radical (unpaired) electrons. The summed E-state index contributed by atoms with van der Waals surface area (Å²) in [6, 6.07) is 10.5. The molecule has 1 fully saturated rings. The van der Waals surface area contributed by atoms with Crippen LogP contribution in [0.5, 0.6) is 0 Å². The van der Waals surface area contributed by atoms with Crippen molar-refractivity contribution in [2.24, 2.45) is 0 Å². The van der Waals surface area contributed by atoms with Crippen LogP contribution < -0.4 is 5.32 Å². The van der Waals surface area contributed by atoms with Gasteiger partial charge in [0.15, 0.2) is 0 Å². The van der Waals surface area contributed by atoms with Crippen LogP contribution in [0.2, 0.25) is 0 Å². The molecule has 1 aliphatic rings. The number of aromatic nitrogens is 1. The van der Waals surface area contributed by atoms with Gasteiger partial charge in [0.1, 0.15) is 5.82 Å². The van der Waals surface area contributed by atoms with Crippen molar-refractivity contribution in [3.63, 3.8) is 0 Å². The maximum atomic E-state index is 13.8. The first-order chi connectivity index (χ1) is 11.1. The molecular weight excluding hydrogens is 293 g/mol. The molecule has 5 heteroatoms. The summed E-state index contributed by atoms with van der Waals surface area (Å²) in [5, 5.41) is 2.90. The van der Waals surface area contributed by atoms with Gasteiger partial charge < -0.3 is 10.2 Å². The number of urea groups is 1. The number of carbonyl (C=O) groups is 1. The molecule has 1 aliphatic carbocycles. The van der Waals surface area contributed by atoms with Crippen molar-refractivity contribution in [3.8, 4) is 0 Å². The Hall–Kier alpha value is -2.43. The second kappa shape index (κ2) is 6.77. The van der Waals surface area contributed by atoms with E-state index < -0.39 is 0 Å². The van der Waals surface area contributed by atoms with E-state index in [4.69, 9.17) is 0 Å². The van der Waals surface area contributed by atoms with E-state index in [2.05, 4.69) is 10.3 Å². The molecule has 0 saturated heterocycles. The van der Waals surface area contributed by atoms with Gasteiger partial charge in [-0.15, -0.1) is 0 Å². The Morgan fingerprint density at radius 3 is 2.74 bits per heavy atom. The lowest BCUT2D eigenvalue weighted by molar-refractivity contribution is 0.191. The molecule has 0 bridgehead atoms. The summed E-state index contributed by atoms with van der Waals surface area (Å²) in [6.45, 7) is 2.65. The molecule has 0 spiro atoms. The van der Waals surface area contributed by atoms with Crippen molar-refractivity contribution in [1.29, 1.82) is 0 Å². The van der Waals surface area contributed by atoms with E-state index in [0.717, 1.165) is 24.1 Å². The minimum atomic E-state index is -0.270. The van der Waals surface area contributed by atoms with Gasteiger partial charge in [0.05, 0.1) is 6.54 Å². The van der Waals surface area contributed by atoms with E-state index in [-0.39, 0.29) is 17.9 Å².